The van der Waals surface area contributed by atoms with Crippen molar-refractivity contribution >= 4 is 27.9 Å². The van der Waals surface area contributed by atoms with Gasteiger partial charge < -0.3 is 5.43 Å². The molecule has 0 saturated heterocycles. The summed E-state index contributed by atoms with van der Waals surface area (Å²) in [4.78, 5) is 10.5. The number of rotatable bonds is 3. The maximum Gasteiger partial charge on any atom is 0.150 e. The van der Waals surface area contributed by atoms with Gasteiger partial charge in [-0.05, 0) is 23.8 Å². The van der Waals surface area contributed by atoms with Gasteiger partial charge in [-0.15, -0.1) is 0 Å². The van der Waals surface area contributed by atoms with Gasteiger partial charge >= 0.3 is 0 Å². The van der Waals surface area contributed by atoms with Crippen molar-refractivity contribution in [3.8, 4) is 0 Å². The molecule has 1 aromatic rings. The van der Waals surface area contributed by atoms with E-state index in [2.05, 4.69) is 21.4 Å². The van der Waals surface area contributed by atoms with Crippen molar-refractivity contribution in [3.63, 3.8) is 0 Å². The van der Waals surface area contributed by atoms with Crippen molar-refractivity contribution in [1.82, 2.24) is 0 Å². The molecule has 12 heavy (non-hydrogen) atoms. The van der Waals surface area contributed by atoms with Crippen LogP contribution in [0.5, 0.6) is 0 Å². The van der Waals surface area contributed by atoms with Crippen LogP contribution in [0.3, 0.4) is 0 Å². The normalized spacial score (nSPS) is 9.50. The fourth-order valence-electron chi connectivity index (χ4n) is 0.926. The van der Waals surface area contributed by atoms with Crippen LogP contribution in [0.1, 0.15) is 15.9 Å². The number of hydrazine groups is 1. The van der Waals surface area contributed by atoms with Gasteiger partial charge in [0.1, 0.15) is 6.29 Å². The summed E-state index contributed by atoms with van der Waals surface area (Å²) in [5.74, 6) is 5.21. The number of hydrogen-bond donors (Lipinski definition) is 2. The number of benzene rings is 1. The average Bonchev–Trinajstić information content (AvgIpc) is 2.16. The fourth-order valence-corrected chi connectivity index (χ4v) is 1.41. The number of carbonyl (C=O) groups is 1. The molecule has 3 nitrogen and oxygen atoms in total. The summed E-state index contributed by atoms with van der Waals surface area (Å²) < 4.78 is 0. The standard InChI is InChI=1S/C8H9BrN2O/c9-4-7-3-8(11-10)2-1-6(7)5-12/h1-3,5,11H,4,10H2. The summed E-state index contributed by atoms with van der Waals surface area (Å²) in [6.07, 6.45) is 0.830. The minimum atomic E-state index is 0.649. The number of carbonyl (C=O) groups excluding carboxylic acids is 1. The van der Waals surface area contributed by atoms with E-state index in [0.717, 1.165) is 17.5 Å². The minimum absolute atomic E-state index is 0.649. The van der Waals surface area contributed by atoms with Gasteiger partial charge in [-0.1, -0.05) is 15.9 Å². The average molecular weight is 229 g/mol. The Balaban J connectivity index is 3.10. The van der Waals surface area contributed by atoms with E-state index < -0.39 is 0 Å². The highest BCUT2D eigenvalue weighted by atomic mass is 79.9. The van der Waals surface area contributed by atoms with Crippen LogP contribution in [0, 0.1) is 0 Å². The molecule has 0 aliphatic rings. The Hall–Kier alpha value is -0.870. The highest BCUT2D eigenvalue weighted by Crippen LogP contribution is 2.16. The van der Waals surface area contributed by atoms with Gasteiger partial charge in [0.05, 0.1) is 0 Å². The maximum atomic E-state index is 10.5. The number of nitrogens with one attached hydrogen (secondary N) is 1. The second kappa shape index (κ2) is 4.23. The van der Waals surface area contributed by atoms with Gasteiger partial charge in [0.2, 0.25) is 0 Å². The lowest BCUT2D eigenvalue weighted by Crippen LogP contribution is -2.07. The Morgan fingerprint density at radius 2 is 2.33 bits per heavy atom. The SMILES string of the molecule is NNc1ccc(C=O)c(CBr)c1. The molecule has 0 unspecified atom stereocenters. The molecule has 0 fully saturated rings. The zero-order valence-electron chi connectivity index (χ0n) is 6.38. The maximum absolute atomic E-state index is 10.5. The summed E-state index contributed by atoms with van der Waals surface area (Å²) in [5.41, 5.74) is 4.93. The Labute approximate surface area is 79.1 Å². The Morgan fingerprint density at radius 3 is 2.83 bits per heavy atom. The largest absolute Gasteiger partial charge is 0.324 e. The number of anilines is 1. The van der Waals surface area contributed by atoms with E-state index in [1.807, 2.05) is 6.07 Å². The second-order valence-corrected chi connectivity index (χ2v) is 2.87. The third-order valence-corrected chi connectivity index (χ3v) is 2.18. The van der Waals surface area contributed by atoms with Crippen LogP contribution in [0.4, 0.5) is 5.69 Å². The molecular weight excluding hydrogens is 220 g/mol. The Kier molecular flexibility index (Phi) is 3.25. The van der Waals surface area contributed by atoms with Crippen molar-refractivity contribution in [2.75, 3.05) is 5.43 Å². The van der Waals surface area contributed by atoms with Crippen LogP contribution in [0.25, 0.3) is 0 Å². The van der Waals surface area contributed by atoms with Gasteiger partial charge in [-0.2, -0.15) is 0 Å². The molecule has 64 valence electrons. The molecule has 0 aliphatic carbocycles. The van der Waals surface area contributed by atoms with Crippen LogP contribution in [-0.2, 0) is 5.33 Å². The number of halogens is 1. The zero-order valence-corrected chi connectivity index (χ0v) is 7.97. The van der Waals surface area contributed by atoms with Gasteiger partial charge in [-0.3, -0.25) is 10.6 Å². The van der Waals surface area contributed by atoms with E-state index in [-0.39, 0.29) is 0 Å². The molecule has 0 atom stereocenters. The molecule has 4 heteroatoms. The van der Waals surface area contributed by atoms with E-state index in [1.165, 1.54) is 0 Å². The first-order valence-corrected chi connectivity index (χ1v) is 4.54. The summed E-state index contributed by atoms with van der Waals surface area (Å²) in [5, 5.41) is 0.649. The van der Waals surface area contributed by atoms with E-state index >= 15 is 0 Å². The summed E-state index contributed by atoms with van der Waals surface area (Å²) in [6.45, 7) is 0. The van der Waals surface area contributed by atoms with Crippen LogP contribution in [0.15, 0.2) is 18.2 Å². The minimum Gasteiger partial charge on any atom is -0.324 e. The van der Waals surface area contributed by atoms with E-state index in [1.54, 1.807) is 12.1 Å². The zero-order chi connectivity index (χ0) is 8.97. The molecule has 0 aromatic heterocycles. The number of nitrogens with two attached hydrogens (primary N) is 1. The molecule has 1 rings (SSSR count). The molecular formula is C8H9BrN2O. The highest BCUT2D eigenvalue weighted by molar-refractivity contribution is 9.08. The van der Waals surface area contributed by atoms with Gasteiger partial charge in [0.15, 0.2) is 0 Å². The summed E-state index contributed by atoms with van der Waals surface area (Å²) in [6, 6.07) is 5.33. The number of hydrogen-bond acceptors (Lipinski definition) is 3. The van der Waals surface area contributed by atoms with Crippen molar-refractivity contribution in [2.24, 2.45) is 5.84 Å². The first-order valence-electron chi connectivity index (χ1n) is 3.42. The van der Waals surface area contributed by atoms with Gasteiger partial charge in [-0.25, -0.2) is 0 Å². The highest BCUT2D eigenvalue weighted by Gasteiger charge is 2.00. The molecule has 0 saturated carbocycles. The van der Waals surface area contributed by atoms with Crippen LogP contribution >= 0.6 is 15.9 Å². The summed E-state index contributed by atoms with van der Waals surface area (Å²) >= 11 is 3.28. The predicted octanol–water partition coefficient (Wildman–Crippen LogP) is 1.68. The monoisotopic (exact) mass is 228 g/mol. The van der Waals surface area contributed by atoms with Crippen molar-refractivity contribution < 1.29 is 4.79 Å². The second-order valence-electron chi connectivity index (χ2n) is 2.31. The number of nitrogen functional groups attached to an aromatic ring is 1. The predicted molar refractivity (Wildman–Crippen MR) is 52.3 cm³/mol. The molecule has 0 radical (unpaired) electrons. The molecule has 0 spiro atoms. The lowest BCUT2D eigenvalue weighted by Gasteiger charge is -2.04. The van der Waals surface area contributed by atoms with E-state index in [4.69, 9.17) is 5.84 Å². The quantitative estimate of drug-likeness (QED) is 0.359. The van der Waals surface area contributed by atoms with E-state index in [9.17, 15) is 4.79 Å². The van der Waals surface area contributed by atoms with Gasteiger partial charge in [0.25, 0.3) is 0 Å². The van der Waals surface area contributed by atoms with E-state index in [0.29, 0.717) is 10.9 Å². The Morgan fingerprint density at radius 1 is 1.58 bits per heavy atom. The third-order valence-electron chi connectivity index (χ3n) is 1.58. The lowest BCUT2D eigenvalue weighted by molar-refractivity contribution is 0.112. The molecule has 0 bridgehead atoms. The first kappa shape index (κ1) is 9.22. The smallest absolute Gasteiger partial charge is 0.150 e. The molecule has 0 aliphatic heterocycles. The molecule has 0 amide bonds. The first-order chi connectivity index (χ1) is 5.81. The third kappa shape index (κ3) is 1.84. The fraction of sp³-hybridized carbons (Fsp3) is 0.125. The Bertz CT molecular complexity index is 288. The van der Waals surface area contributed by atoms with Crippen LogP contribution < -0.4 is 11.3 Å². The molecule has 1 aromatic carbocycles. The lowest BCUT2D eigenvalue weighted by atomic mass is 10.1. The molecule has 3 N–H and O–H groups in total. The number of aldehydes is 1. The van der Waals surface area contributed by atoms with Crippen LogP contribution in [0.2, 0.25) is 0 Å². The molecule has 0 heterocycles. The van der Waals surface area contributed by atoms with Crippen molar-refractivity contribution in [2.45, 2.75) is 5.33 Å². The van der Waals surface area contributed by atoms with Crippen LogP contribution in [-0.4, -0.2) is 6.29 Å². The van der Waals surface area contributed by atoms with Crippen molar-refractivity contribution in [3.05, 3.63) is 29.3 Å². The number of alkyl halides is 1. The van der Waals surface area contributed by atoms with Gasteiger partial charge in [0, 0.05) is 16.6 Å². The van der Waals surface area contributed by atoms with Crippen molar-refractivity contribution in [1.29, 1.82) is 0 Å². The summed E-state index contributed by atoms with van der Waals surface area (Å²) in [7, 11) is 0. The topological polar surface area (TPSA) is 55.1 Å².